The van der Waals surface area contributed by atoms with Crippen molar-refractivity contribution in [3.05, 3.63) is 0 Å². The van der Waals surface area contributed by atoms with Gasteiger partial charge in [-0.2, -0.15) is 0 Å². The number of hydrogen-bond donors (Lipinski definition) is 1. The fourth-order valence-electron chi connectivity index (χ4n) is 2.38. The zero-order valence-corrected chi connectivity index (χ0v) is 17.3. The molecule has 0 saturated carbocycles. The van der Waals surface area contributed by atoms with Crippen LogP contribution < -0.4 is 5.32 Å². The minimum Gasteiger partial charge on any atom is -0.381 e. The molecule has 1 rings (SSSR count). The molecule has 1 amide bonds. The van der Waals surface area contributed by atoms with Crippen LogP contribution in [0.25, 0.3) is 0 Å². The van der Waals surface area contributed by atoms with Crippen LogP contribution in [-0.4, -0.2) is 75.7 Å². The summed E-state index contributed by atoms with van der Waals surface area (Å²) in [4.78, 5) is 20.0. The third kappa shape index (κ3) is 9.34. The largest absolute Gasteiger partial charge is 0.381 e. The van der Waals surface area contributed by atoms with Crippen LogP contribution in [0.3, 0.4) is 0 Å². The number of rotatable bonds is 7. The van der Waals surface area contributed by atoms with Gasteiger partial charge in [-0.05, 0) is 25.2 Å². The van der Waals surface area contributed by atoms with Crippen LogP contribution in [-0.2, 0) is 9.53 Å². The van der Waals surface area contributed by atoms with Crippen LogP contribution >= 0.6 is 24.0 Å². The molecular weight excluding hydrogens is 407 g/mol. The van der Waals surface area contributed by atoms with Crippen molar-refractivity contribution in [3.63, 3.8) is 0 Å². The Morgan fingerprint density at radius 2 is 1.91 bits per heavy atom. The van der Waals surface area contributed by atoms with E-state index in [1.807, 2.05) is 7.05 Å². The highest BCUT2D eigenvalue weighted by atomic mass is 127. The maximum atomic E-state index is 11.7. The first-order valence-electron chi connectivity index (χ1n) is 8.32. The Balaban J connectivity index is 0.00000484. The van der Waals surface area contributed by atoms with E-state index in [9.17, 15) is 4.79 Å². The van der Waals surface area contributed by atoms with E-state index in [1.165, 1.54) is 0 Å². The molecule has 136 valence electrons. The van der Waals surface area contributed by atoms with Crippen molar-refractivity contribution >= 4 is 35.8 Å². The van der Waals surface area contributed by atoms with Crippen LogP contribution in [0.5, 0.6) is 0 Å². The van der Waals surface area contributed by atoms with E-state index in [0.717, 1.165) is 57.9 Å². The third-order valence-electron chi connectivity index (χ3n) is 3.91. The van der Waals surface area contributed by atoms with Crippen LogP contribution in [0.2, 0.25) is 0 Å². The third-order valence-corrected chi connectivity index (χ3v) is 3.91. The number of nitrogens with one attached hydrogen (secondary N) is 1. The Morgan fingerprint density at radius 1 is 1.26 bits per heavy atom. The summed E-state index contributed by atoms with van der Waals surface area (Å²) in [6.07, 6.45) is 4.44. The molecule has 0 aromatic rings. The number of hydrogen-bond acceptors (Lipinski definition) is 3. The summed E-state index contributed by atoms with van der Waals surface area (Å²) in [5, 5.41) is 3.38. The van der Waals surface area contributed by atoms with E-state index in [4.69, 9.17) is 4.74 Å². The number of amides is 1. The molecule has 0 spiro atoms. The summed E-state index contributed by atoms with van der Waals surface area (Å²) in [5.74, 6) is 1.49. The smallest absolute Gasteiger partial charge is 0.243 e. The summed E-state index contributed by atoms with van der Waals surface area (Å²) < 4.78 is 5.41. The number of aliphatic imine (C=N–C) groups is 1. The van der Waals surface area contributed by atoms with E-state index in [0.29, 0.717) is 5.92 Å². The molecule has 1 aliphatic heterocycles. The van der Waals surface area contributed by atoms with E-state index in [-0.39, 0.29) is 36.4 Å². The lowest BCUT2D eigenvalue weighted by molar-refractivity contribution is -0.127. The van der Waals surface area contributed by atoms with Crippen molar-refractivity contribution in [3.8, 4) is 0 Å². The molecule has 1 aliphatic rings. The van der Waals surface area contributed by atoms with Gasteiger partial charge in [-0.1, -0.05) is 13.3 Å². The van der Waals surface area contributed by atoms with Gasteiger partial charge in [-0.15, -0.1) is 24.0 Å². The van der Waals surface area contributed by atoms with E-state index in [1.54, 1.807) is 19.0 Å². The highest BCUT2D eigenvalue weighted by Crippen LogP contribution is 2.15. The van der Waals surface area contributed by atoms with E-state index >= 15 is 0 Å². The summed E-state index contributed by atoms with van der Waals surface area (Å²) in [6, 6.07) is 0. The van der Waals surface area contributed by atoms with Crippen molar-refractivity contribution < 1.29 is 9.53 Å². The number of carbonyl (C=O) groups is 1. The van der Waals surface area contributed by atoms with Crippen LogP contribution in [0.15, 0.2) is 4.99 Å². The molecule has 7 heteroatoms. The van der Waals surface area contributed by atoms with Crippen LogP contribution in [0.1, 0.15) is 32.6 Å². The predicted octanol–water partition coefficient (Wildman–Crippen LogP) is 1.80. The Morgan fingerprint density at radius 3 is 2.48 bits per heavy atom. The van der Waals surface area contributed by atoms with Gasteiger partial charge in [0.15, 0.2) is 5.96 Å². The van der Waals surface area contributed by atoms with Gasteiger partial charge in [0.1, 0.15) is 6.54 Å². The number of likely N-dealkylation sites (N-methyl/N-ethyl adjacent to an activating group) is 1. The van der Waals surface area contributed by atoms with Crippen molar-refractivity contribution in [1.29, 1.82) is 0 Å². The van der Waals surface area contributed by atoms with Gasteiger partial charge >= 0.3 is 0 Å². The Hall–Kier alpha value is -0.570. The molecule has 0 aromatic carbocycles. The van der Waals surface area contributed by atoms with Gasteiger partial charge in [0.25, 0.3) is 0 Å². The second kappa shape index (κ2) is 12.8. The first kappa shape index (κ1) is 22.4. The van der Waals surface area contributed by atoms with Gasteiger partial charge in [0.05, 0.1) is 0 Å². The number of unbranched alkanes of at least 4 members (excludes halogenated alkanes) is 1. The second-order valence-corrected chi connectivity index (χ2v) is 6.14. The molecule has 1 N–H and O–H groups in total. The number of guanidine groups is 1. The second-order valence-electron chi connectivity index (χ2n) is 6.14. The minimum atomic E-state index is 0. The quantitative estimate of drug-likeness (QED) is 0.284. The first-order valence-corrected chi connectivity index (χ1v) is 8.32. The molecule has 0 aromatic heterocycles. The first-order chi connectivity index (χ1) is 10.5. The summed E-state index contributed by atoms with van der Waals surface area (Å²) in [5.41, 5.74) is 0. The molecule has 6 nitrogen and oxygen atoms in total. The maximum absolute atomic E-state index is 11.7. The maximum Gasteiger partial charge on any atom is 0.243 e. The van der Waals surface area contributed by atoms with Crippen molar-refractivity contribution in [2.75, 3.05) is 54.0 Å². The lowest BCUT2D eigenvalue weighted by Crippen LogP contribution is -2.43. The van der Waals surface area contributed by atoms with Crippen LogP contribution in [0.4, 0.5) is 0 Å². The summed E-state index contributed by atoms with van der Waals surface area (Å²) in [6.45, 7) is 5.92. The summed E-state index contributed by atoms with van der Waals surface area (Å²) in [7, 11) is 5.56. The predicted molar refractivity (Wildman–Crippen MR) is 105 cm³/mol. The topological polar surface area (TPSA) is 57.2 Å². The average molecular weight is 440 g/mol. The highest BCUT2D eigenvalue weighted by Gasteiger charge is 2.18. The molecule has 0 bridgehead atoms. The average Bonchev–Trinajstić information content (AvgIpc) is 2.51. The van der Waals surface area contributed by atoms with Gasteiger partial charge in [0, 0.05) is 47.4 Å². The molecule has 0 radical (unpaired) electrons. The van der Waals surface area contributed by atoms with Crippen LogP contribution in [0, 0.1) is 5.92 Å². The molecule has 1 fully saturated rings. The van der Waals surface area contributed by atoms with Crippen molar-refractivity contribution in [2.45, 2.75) is 32.6 Å². The highest BCUT2D eigenvalue weighted by molar-refractivity contribution is 14.0. The van der Waals surface area contributed by atoms with Crippen molar-refractivity contribution in [1.82, 2.24) is 15.1 Å². The molecule has 23 heavy (non-hydrogen) atoms. The van der Waals surface area contributed by atoms with E-state index < -0.39 is 0 Å². The number of nitrogens with zero attached hydrogens (tertiary/aromatic N) is 3. The molecule has 0 aliphatic carbocycles. The minimum absolute atomic E-state index is 0. The monoisotopic (exact) mass is 440 g/mol. The number of carbonyl (C=O) groups excluding carboxylic acids is 1. The number of ether oxygens (including phenoxy) is 1. The molecule has 1 saturated heterocycles. The molecule has 0 atom stereocenters. The lowest BCUT2D eigenvalue weighted by Gasteiger charge is -2.29. The van der Waals surface area contributed by atoms with Gasteiger partial charge in [-0.3, -0.25) is 4.79 Å². The summed E-state index contributed by atoms with van der Waals surface area (Å²) >= 11 is 0. The fraction of sp³-hybridized carbons (Fsp3) is 0.875. The molecule has 0 unspecified atom stereocenters. The number of halogens is 1. The molecule has 1 heterocycles. The van der Waals surface area contributed by atoms with Gasteiger partial charge < -0.3 is 19.9 Å². The standard InChI is InChI=1S/C16H32N4O2.HI/c1-5-6-9-17-16(18-12-15(21)19(2)3)20(4)13-14-7-10-22-11-8-14;/h14H,5-13H2,1-4H3,(H,17,18);1H. The fourth-order valence-corrected chi connectivity index (χ4v) is 2.38. The zero-order valence-electron chi connectivity index (χ0n) is 15.0. The Labute approximate surface area is 158 Å². The van der Waals surface area contributed by atoms with Gasteiger partial charge in [0.2, 0.25) is 5.91 Å². The van der Waals surface area contributed by atoms with Gasteiger partial charge in [-0.25, -0.2) is 4.99 Å². The SMILES string of the molecule is CCCCNC(=NCC(=O)N(C)C)N(C)CC1CCOCC1.I. The van der Waals surface area contributed by atoms with Crippen molar-refractivity contribution in [2.24, 2.45) is 10.9 Å². The van der Waals surface area contributed by atoms with E-state index in [2.05, 4.69) is 22.1 Å². The normalized spacial score (nSPS) is 15.7. The Bertz CT molecular complexity index is 358. The Kier molecular flexibility index (Phi) is 12.5. The zero-order chi connectivity index (χ0) is 16.4. The molecular formula is C16H33IN4O2. The lowest BCUT2D eigenvalue weighted by atomic mass is 10.00.